The molecule has 0 saturated carbocycles. The van der Waals surface area contributed by atoms with Crippen LogP contribution < -0.4 is 62.2 Å². The summed E-state index contributed by atoms with van der Waals surface area (Å²) in [6.07, 6.45) is 0. The highest BCUT2D eigenvalue weighted by Crippen LogP contribution is 2.47. The van der Waals surface area contributed by atoms with Crippen molar-refractivity contribution in [3.8, 4) is 44.5 Å². The molecule has 0 unspecified atom stereocenters. The van der Waals surface area contributed by atoms with E-state index in [-0.39, 0.29) is 0 Å². The molecule has 0 aromatic heterocycles. The van der Waals surface area contributed by atoms with Crippen LogP contribution in [0.15, 0.2) is 97.1 Å². The molecule has 9 aromatic rings. The molecule has 9 aromatic carbocycles. The lowest BCUT2D eigenvalue weighted by atomic mass is 9.83. The monoisotopic (exact) mass is 1420 g/mol. The average molecular weight is 1420 g/mol. The Balaban J connectivity index is 1.68. The van der Waals surface area contributed by atoms with E-state index in [1.54, 1.807) is 84.5 Å². The van der Waals surface area contributed by atoms with Gasteiger partial charge in [-0.25, -0.2) is 0 Å². The number of fused-ring (bicyclic) bond motifs is 2. The molecule has 0 atom stereocenters. The Morgan fingerprint density at radius 1 is 0.152 bits per heavy atom. The van der Waals surface area contributed by atoms with E-state index in [0.29, 0.717) is 0 Å². The first-order valence-corrected chi connectivity index (χ1v) is 77.2. The van der Waals surface area contributed by atoms with Crippen molar-refractivity contribution < 1.29 is 0 Å². The summed E-state index contributed by atoms with van der Waals surface area (Å²) in [5.74, 6) is 0. The van der Waals surface area contributed by atoms with Gasteiger partial charge in [0.15, 0.2) is 0 Å². The number of hydrogen-bond acceptors (Lipinski definition) is 0. The minimum absolute atomic E-state index is 1.41. The van der Waals surface area contributed by atoms with Gasteiger partial charge in [-0.1, -0.05) is 346 Å². The molecule has 0 fully saturated rings. The van der Waals surface area contributed by atoms with Gasteiger partial charge >= 0.3 is 0 Å². The van der Waals surface area contributed by atoms with Crippen molar-refractivity contribution in [2.24, 2.45) is 0 Å². The Labute approximate surface area is 574 Å². The quantitative estimate of drug-likeness (QED) is 0.0514. The van der Waals surface area contributed by atoms with E-state index in [2.05, 4.69) is 333 Å². The SMILES string of the molecule is C[Si](C)(C)c1cc([Si](C)(C)C)c(-c2cc3cc(-c4c([Si](C)(C)C)cc([Si](C)(C)C)cc4[Si](C)(C)C)cc4c5cc(-c6c([Si](C)(C)C)cc([Si](C)(C)C)cc6[Si](C)(C)C)cc6cc(-c7c([Si](C)(C)C)cc([Si](C)(C)C)cc7[Si](C)(C)C)cc(c(c2)c34)c65)c([Si](C)(C)C)c1. The molecule has 0 aliphatic carbocycles. The zero-order chi connectivity index (χ0) is 69.5. The first-order valence-electron chi connectivity index (χ1n) is 35.2. The summed E-state index contributed by atoms with van der Waals surface area (Å²) in [6, 6.07) is 44.1. The molecule has 12 heteroatoms. The van der Waals surface area contributed by atoms with Crippen LogP contribution in [0.1, 0.15) is 0 Å². The van der Waals surface area contributed by atoms with Gasteiger partial charge in [0.1, 0.15) is 0 Å². The van der Waals surface area contributed by atoms with Crippen LogP contribution in [0.2, 0.25) is 236 Å². The molecule has 9 rings (SSSR count). The van der Waals surface area contributed by atoms with Gasteiger partial charge in [0.25, 0.3) is 0 Å². The first kappa shape index (κ1) is 73.1. The molecule has 0 heterocycles. The van der Waals surface area contributed by atoms with E-state index < -0.39 is 96.9 Å². The second-order valence-electron chi connectivity index (χ2n) is 41.1. The largest absolute Gasteiger partial charge is 0.0783 e. The molecule has 0 bridgehead atoms. The summed E-state index contributed by atoms with van der Waals surface area (Å²) in [5, 5.41) is 31.2. The molecule has 492 valence electrons. The highest BCUT2D eigenvalue weighted by Gasteiger charge is 2.38. The molecule has 0 aliphatic rings. The predicted octanol–water partition coefficient (Wildman–Crippen LogP) is 18.9. The van der Waals surface area contributed by atoms with Crippen molar-refractivity contribution in [3.63, 3.8) is 0 Å². The summed E-state index contributed by atoms with van der Waals surface area (Å²) in [6.45, 7) is 94.1. The summed E-state index contributed by atoms with van der Waals surface area (Å²) < 4.78 is 0. The van der Waals surface area contributed by atoms with Gasteiger partial charge in [0, 0.05) is 0 Å². The highest BCUT2D eigenvalue weighted by atomic mass is 28.3. The third kappa shape index (κ3) is 14.1. The average Bonchev–Trinajstić information content (AvgIpc) is 0.699. The third-order valence-corrected chi connectivity index (χ3v) is 44.5. The predicted molar refractivity (Wildman–Crippen MR) is 465 cm³/mol. The van der Waals surface area contributed by atoms with Crippen LogP contribution >= 0.6 is 0 Å². The molecule has 0 nitrogen and oxygen atoms in total. The van der Waals surface area contributed by atoms with Crippen LogP contribution in [0, 0.1) is 0 Å². The summed E-state index contributed by atoms with van der Waals surface area (Å²) >= 11 is 0. The fraction of sp³-hybridized carbons (Fsp3) is 0.450. The standard InChI is InChI=1S/C80H124Si12/c1-81(2,3)59-45-67(85(13,14)15)77(68(46-59)86(16,17)18)55-37-53-38-56(78-69(87(19,20)21)47-60(82(4,5)6)48-70(78)88(22,23)24)43-65-66-44-58(80-73(91(31,32)33)51-62(84(10,11)12)52-74(80)92(34,35)36)40-54-39-57(42-64(76(54)66)63(41-55)75(53)65)79-71(89(25,26)27)49-61(83(7,8)9)50-72(79)90(28,29)30/h37-52H,1-36H3. The topological polar surface area (TPSA) is 0 Å². The van der Waals surface area contributed by atoms with Gasteiger partial charge < -0.3 is 0 Å². The summed E-state index contributed by atoms with van der Waals surface area (Å²) in [5.41, 5.74) is 12.0. The van der Waals surface area contributed by atoms with E-state index in [1.807, 2.05) is 0 Å². The van der Waals surface area contributed by atoms with Crippen molar-refractivity contribution in [3.05, 3.63) is 97.1 Å². The summed E-state index contributed by atoms with van der Waals surface area (Å²) in [7, 11) is -22.5. The first-order chi connectivity index (χ1) is 41.2. The van der Waals surface area contributed by atoms with Crippen LogP contribution in [0.4, 0.5) is 0 Å². The molecule has 0 radical (unpaired) electrons. The van der Waals surface area contributed by atoms with Gasteiger partial charge in [-0.2, -0.15) is 0 Å². The van der Waals surface area contributed by atoms with Crippen LogP contribution in [-0.4, -0.2) is 96.9 Å². The zero-order valence-electron chi connectivity index (χ0n) is 65.2. The Bertz CT molecular complexity index is 3720. The van der Waals surface area contributed by atoms with Crippen molar-refractivity contribution in [1.82, 2.24) is 0 Å². The van der Waals surface area contributed by atoms with E-state index in [9.17, 15) is 0 Å². The minimum Gasteiger partial charge on any atom is -0.0656 e. The maximum atomic E-state index is 2.77. The highest BCUT2D eigenvalue weighted by molar-refractivity contribution is 6.99. The van der Waals surface area contributed by atoms with Crippen LogP contribution in [0.5, 0.6) is 0 Å². The molecule has 0 aliphatic heterocycles. The molecular weight excluding hydrogens is 1300 g/mol. The van der Waals surface area contributed by atoms with Gasteiger partial charge in [-0.05, 0) is 136 Å². The Morgan fingerprint density at radius 3 is 0.391 bits per heavy atom. The zero-order valence-corrected chi connectivity index (χ0v) is 77.2. The van der Waals surface area contributed by atoms with E-state index in [0.717, 1.165) is 0 Å². The Morgan fingerprint density at radius 2 is 0.283 bits per heavy atom. The lowest BCUT2D eigenvalue weighted by Gasteiger charge is -2.34. The second kappa shape index (κ2) is 23.3. The summed E-state index contributed by atoms with van der Waals surface area (Å²) in [4.78, 5) is 0. The molecule has 0 amide bonds. The maximum absolute atomic E-state index is 2.77. The van der Waals surface area contributed by atoms with Crippen LogP contribution in [-0.2, 0) is 0 Å². The van der Waals surface area contributed by atoms with Gasteiger partial charge in [0.2, 0.25) is 0 Å². The Hall–Kier alpha value is -3.12. The normalized spacial score (nSPS) is 14.3. The van der Waals surface area contributed by atoms with Crippen molar-refractivity contribution in [1.29, 1.82) is 0 Å². The van der Waals surface area contributed by atoms with E-state index in [4.69, 9.17) is 0 Å². The van der Waals surface area contributed by atoms with Gasteiger partial charge in [-0.3, -0.25) is 0 Å². The molecule has 0 saturated heterocycles. The lowest BCUT2D eigenvalue weighted by Crippen LogP contribution is -2.53. The van der Waals surface area contributed by atoms with Crippen LogP contribution in [0.25, 0.3) is 87.6 Å². The molecule has 0 spiro atoms. The van der Waals surface area contributed by atoms with Crippen molar-refractivity contribution in [2.45, 2.75) is 236 Å². The lowest BCUT2D eigenvalue weighted by molar-refractivity contribution is 1.62. The fourth-order valence-electron chi connectivity index (χ4n) is 14.7. The van der Waals surface area contributed by atoms with Gasteiger partial charge in [0.05, 0.1) is 96.9 Å². The molecule has 0 N–H and O–H groups in total. The second-order valence-corrected chi connectivity index (χ2v) is 102. The number of hydrogen-bond donors (Lipinski definition) is 0. The van der Waals surface area contributed by atoms with Crippen molar-refractivity contribution in [2.75, 3.05) is 0 Å². The van der Waals surface area contributed by atoms with Crippen LogP contribution in [0.3, 0.4) is 0 Å². The van der Waals surface area contributed by atoms with E-state index in [1.165, 1.54) is 65.3 Å². The van der Waals surface area contributed by atoms with E-state index >= 15 is 0 Å². The molecular formula is C80H124Si12. The fourth-order valence-corrected chi connectivity index (χ4v) is 33.9. The minimum atomic E-state index is -1.95. The number of benzene rings is 9. The Kier molecular flexibility index (Phi) is 18.5. The maximum Gasteiger partial charge on any atom is 0.0783 e. The molecule has 92 heavy (non-hydrogen) atoms. The van der Waals surface area contributed by atoms with Crippen molar-refractivity contribution >= 4 is 202 Å². The number of rotatable bonds is 16. The van der Waals surface area contributed by atoms with Gasteiger partial charge in [-0.15, -0.1) is 0 Å². The third-order valence-electron chi connectivity index (χ3n) is 20.3. The smallest absolute Gasteiger partial charge is 0.0656 e.